The zero-order valence-corrected chi connectivity index (χ0v) is 10.8. The molecule has 0 fully saturated rings. The van der Waals surface area contributed by atoms with E-state index >= 15 is 0 Å². The van der Waals surface area contributed by atoms with E-state index in [1.165, 1.54) is 0 Å². The highest BCUT2D eigenvalue weighted by atomic mass is 16.5. The van der Waals surface area contributed by atoms with E-state index < -0.39 is 0 Å². The van der Waals surface area contributed by atoms with Gasteiger partial charge in [0.15, 0.2) is 0 Å². The molecule has 98 valence electrons. The first kappa shape index (κ1) is 13.1. The van der Waals surface area contributed by atoms with Gasteiger partial charge >= 0.3 is 0 Å². The van der Waals surface area contributed by atoms with Gasteiger partial charge in [-0.25, -0.2) is 10.8 Å². The Labute approximate surface area is 112 Å². The number of ether oxygens (including phenoxy) is 1. The van der Waals surface area contributed by atoms with Crippen LogP contribution in [-0.4, -0.2) is 12.9 Å². The normalized spacial score (nSPS) is 11.2. The van der Waals surface area contributed by atoms with Crippen LogP contribution in [0.3, 0.4) is 0 Å². The molecule has 0 saturated carbocycles. The predicted octanol–water partition coefficient (Wildman–Crippen LogP) is 2.43. The van der Waals surface area contributed by atoms with E-state index in [4.69, 9.17) is 10.6 Å². The van der Waals surface area contributed by atoms with Gasteiger partial charge in [0.1, 0.15) is 11.6 Å². The number of methoxy groups -OCH3 is 1. The fraction of sp³-hybridized carbons (Fsp3) is 0.133. The SMILES string of the molecule is COc1cccc(CC(=Nc2ccccc2)NN)c1. The third kappa shape index (κ3) is 3.82. The Hall–Kier alpha value is -2.33. The van der Waals surface area contributed by atoms with Gasteiger partial charge in [-0.1, -0.05) is 30.3 Å². The molecule has 19 heavy (non-hydrogen) atoms. The average Bonchev–Trinajstić information content (AvgIpc) is 2.48. The molecule has 0 saturated heterocycles. The minimum absolute atomic E-state index is 0.628. The van der Waals surface area contributed by atoms with Crippen molar-refractivity contribution < 1.29 is 4.74 Å². The van der Waals surface area contributed by atoms with Crippen LogP contribution in [0, 0.1) is 0 Å². The van der Waals surface area contributed by atoms with Gasteiger partial charge in [-0.05, 0) is 29.8 Å². The topological polar surface area (TPSA) is 59.6 Å². The molecule has 2 aromatic carbocycles. The molecule has 0 aliphatic rings. The number of nitrogens with two attached hydrogens (primary N) is 1. The number of para-hydroxylation sites is 1. The number of nitrogens with one attached hydrogen (secondary N) is 1. The molecule has 0 aliphatic carbocycles. The Balaban J connectivity index is 2.17. The van der Waals surface area contributed by atoms with Crippen molar-refractivity contribution in [3.63, 3.8) is 0 Å². The highest BCUT2D eigenvalue weighted by Crippen LogP contribution is 2.15. The minimum atomic E-state index is 0.628. The second kappa shape index (κ2) is 6.56. The van der Waals surface area contributed by atoms with Crippen LogP contribution in [0.1, 0.15) is 5.56 Å². The van der Waals surface area contributed by atoms with Crippen molar-refractivity contribution in [3.05, 3.63) is 60.2 Å². The Bertz CT molecular complexity index is 552. The number of hydrogen-bond donors (Lipinski definition) is 2. The van der Waals surface area contributed by atoms with Crippen LogP contribution in [-0.2, 0) is 6.42 Å². The first-order valence-corrected chi connectivity index (χ1v) is 6.04. The van der Waals surface area contributed by atoms with E-state index in [9.17, 15) is 0 Å². The molecule has 2 aromatic rings. The molecule has 4 nitrogen and oxygen atoms in total. The Morgan fingerprint density at radius 3 is 2.63 bits per heavy atom. The van der Waals surface area contributed by atoms with Crippen LogP contribution in [0.5, 0.6) is 5.75 Å². The van der Waals surface area contributed by atoms with E-state index in [2.05, 4.69) is 10.4 Å². The summed E-state index contributed by atoms with van der Waals surface area (Å²) in [6, 6.07) is 17.6. The Morgan fingerprint density at radius 1 is 1.16 bits per heavy atom. The number of nitrogens with zero attached hydrogens (tertiary/aromatic N) is 1. The summed E-state index contributed by atoms with van der Waals surface area (Å²) in [4.78, 5) is 4.47. The fourth-order valence-corrected chi connectivity index (χ4v) is 1.76. The molecular formula is C15H17N3O. The van der Waals surface area contributed by atoms with Gasteiger partial charge in [0.05, 0.1) is 12.8 Å². The molecule has 4 heteroatoms. The van der Waals surface area contributed by atoms with Crippen molar-refractivity contribution >= 4 is 11.5 Å². The highest BCUT2D eigenvalue weighted by Gasteiger charge is 2.02. The summed E-state index contributed by atoms with van der Waals surface area (Å²) in [5.74, 6) is 7.06. The van der Waals surface area contributed by atoms with Crippen molar-refractivity contribution in [1.29, 1.82) is 0 Å². The van der Waals surface area contributed by atoms with Gasteiger partial charge in [0.2, 0.25) is 0 Å². The third-order valence-electron chi connectivity index (χ3n) is 2.69. The van der Waals surface area contributed by atoms with Crippen molar-refractivity contribution in [3.8, 4) is 5.75 Å². The van der Waals surface area contributed by atoms with Gasteiger partial charge in [0.25, 0.3) is 0 Å². The zero-order chi connectivity index (χ0) is 13.5. The van der Waals surface area contributed by atoms with Crippen LogP contribution in [0.25, 0.3) is 0 Å². The third-order valence-corrected chi connectivity index (χ3v) is 2.69. The molecule has 0 atom stereocenters. The van der Waals surface area contributed by atoms with Crippen LogP contribution in [0.15, 0.2) is 59.6 Å². The largest absolute Gasteiger partial charge is 0.497 e. The lowest BCUT2D eigenvalue weighted by molar-refractivity contribution is 0.414. The summed E-state index contributed by atoms with van der Waals surface area (Å²) >= 11 is 0. The summed E-state index contributed by atoms with van der Waals surface area (Å²) in [7, 11) is 1.65. The summed E-state index contributed by atoms with van der Waals surface area (Å²) in [5.41, 5.74) is 4.61. The maximum absolute atomic E-state index is 5.53. The van der Waals surface area contributed by atoms with Crippen molar-refractivity contribution in [2.45, 2.75) is 6.42 Å². The maximum Gasteiger partial charge on any atom is 0.121 e. The average molecular weight is 255 g/mol. The van der Waals surface area contributed by atoms with Gasteiger partial charge in [-0.2, -0.15) is 0 Å². The lowest BCUT2D eigenvalue weighted by Gasteiger charge is -2.07. The second-order valence-corrected chi connectivity index (χ2v) is 4.07. The molecule has 0 unspecified atom stereocenters. The van der Waals surface area contributed by atoms with Crippen LogP contribution < -0.4 is 16.0 Å². The standard InChI is InChI=1S/C15H17N3O/c1-19-14-9-5-6-12(10-14)11-15(18-16)17-13-7-3-2-4-8-13/h2-10H,11,16H2,1H3,(H,17,18). The minimum Gasteiger partial charge on any atom is -0.497 e. The highest BCUT2D eigenvalue weighted by molar-refractivity contribution is 5.86. The van der Waals surface area contributed by atoms with E-state index in [-0.39, 0.29) is 0 Å². The van der Waals surface area contributed by atoms with Crippen molar-refractivity contribution in [1.82, 2.24) is 5.43 Å². The van der Waals surface area contributed by atoms with Gasteiger partial charge in [-0.15, -0.1) is 0 Å². The maximum atomic E-state index is 5.53. The van der Waals surface area contributed by atoms with Gasteiger partial charge in [0, 0.05) is 6.42 Å². The van der Waals surface area contributed by atoms with Crippen LogP contribution in [0.2, 0.25) is 0 Å². The van der Waals surface area contributed by atoms with Crippen LogP contribution >= 0.6 is 0 Å². The van der Waals surface area contributed by atoms with E-state index in [1.807, 2.05) is 54.6 Å². The van der Waals surface area contributed by atoms with E-state index in [1.54, 1.807) is 7.11 Å². The number of hydrogen-bond acceptors (Lipinski definition) is 3. The fourth-order valence-electron chi connectivity index (χ4n) is 1.76. The first-order chi connectivity index (χ1) is 9.31. The van der Waals surface area contributed by atoms with E-state index in [0.717, 1.165) is 17.0 Å². The monoisotopic (exact) mass is 255 g/mol. The smallest absolute Gasteiger partial charge is 0.121 e. The molecule has 2 rings (SSSR count). The van der Waals surface area contributed by atoms with E-state index in [0.29, 0.717) is 12.3 Å². The lowest BCUT2D eigenvalue weighted by atomic mass is 10.1. The number of amidine groups is 1. The number of benzene rings is 2. The Morgan fingerprint density at radius 2 is 1.95 bits per heavy atom. The molecule has 0 amide bonds. The van der Waals surface area contributed by atoms with Gasteiger partial charge in [-0.3, -0.25) is 0 Å². The summed E-state index contributed by atoms with van der Waals surface area (Å²) in [6.45, 7) is 0. The second-order valence-electron chi connectivity index (χ2n) is 4.07. The lowest BCUT2D eigenvalue weighted by Crippen LogP contribution is -2.31. The quantitative estimate of drug-likeness (QED) is 0.382. The number of rotatable bonds is 4. The summed E-state index contributed by atoms with van der Waals surface area (Å²) < 4.78 is 5.20. The number of aliphatic imine (C=N–C) groups is 1. The molecule has 0 aromatic heterocycles. The zero-order valence-electron chi connectivity index (χ0n) is 10.8. The van der Waals surface area contributed by atoms with Crippen molar-refractivity contribution in [2.24, 2.45) is 10.8 Å². The molecule has 0 heterocycles. The molecule has 0 aliphatic heterocycles. The van der Waals surface area contributed by atoms with Crippen molar-refractivity contribution in [2.75, 3.05) is 7.11 Å². The molecular weight excluding hydrogens is 238 g/mol. The molecule has 0 bridgehead atoms. The van der Waals surface area contributed by atoms with Gasteiger partial charge < -0.3 is 10.2 Å². The Kier molecular flexibility index (Phi) is 4.53. The summed E-state index contributed by atoms with van der Waals surface area (Å²) in [5, 5.41) is 0. The summed E-state index contributed by atoms with van der Waals surface area (Å²) in [6.07, 6.45) is 0.628. The van der Waals surface area contributed by atoms with Crippen LogP contribution in [0.4, 0.5) is 5.69 Å². The molecule has 3 N–H and O–H groups in total. The predicted molar refractivity (Wildman–Crippen MR) is 77.6 cm³/mol. The molecule has 0 spiro atoms. The molecule has 0 radical (unpaired) electrons. The number of hydrazine groups is 1. The first-order valence-electron chi connectivity index (χ1n) is 6.04.